The van der Waals surface area contributed by atoms with Crippen molar-refractivity contribution >= 4 is 22.6 Å². The molecule has 0 spiro atoms. The van der Waals surface area contributed by atoms with Crippen LogP contribution < -0.4 is 5.56 Å². The minimum atomic E-state index is -0.932. The zero-order chi connectivity index (χ0) is 25.1. The monoisotopic (exact) mass is 493 g/mol. The van der Waals surface area contributed by atoms with Crippen LogP contribution in [0.1, 0.15) is 40.9 Å². The summed E-state index contributed by atoms with van der Waals surface area (Å²) >= 11 is 0. The number of aromatic amines is 1. The van der Waals surface area contributed by atoms with Crippen molar-refractivity contribution in [3.63, 3.8) is 0 Å². The van der Waals surface area contributed by atoms with E-state index in [2.05, 4.69) is 31.5 Å². The molecule has 37 heavy (non-hydrogen) atoms. The Morgan fingerprint density at radius 2 is 1.81 bits per heavy atom. The van der Waals surface area contributed by atoms with Crippen LogP contribution in [0.5, 0.6) is 0 Å². The van der Waals surface area contributed by atoms with Crippen LogP contribution in [0.2, 0.25) is 0 Å². The van der Waals surface area contributed by atoms with Gasteiger partial charge >= 0.3 is 0 Å². The van der Waals surface area contributed by atoms with Gasteiger partial charge in [-0.3, -0.25) is 14.0 Å². The molecule has 2 fully saturated rings. The lowest BCUT2D eigenvalue weighted by atomic mass is 9.91. The van der Waals surface area contributed by atoms with Crippen LogP contribution in [0.3, 0.4) is 0 Å². The number of nitrogens with one attached hydrogen (secondary N) is 1. The minimum Gasteiger partial charge on any atom is -0.336 e. The summed E-state index contributed by atoms with van der Waals surface area (Å²) in [4.78, 5) is 38.0. The molecule has 0 bridgehead atoms. The summed E-state index contributed by atoms with van der Waals surface area (Å²) in [6.45, 7) is 0.629. The maximum absolute atomic E-state index is 13.5. The highest BCUT2D eigenvalue weighted by molar-refractivity contribution is 5.95. The SMILES string of the molecule is O=C(c1ccc(-c2cnc3ncc(C4(c5ccc6[nH]c(=O)ccc6c5)CC4)n3c2)cc1)N1CC[C@H](F)C1. The topological polar surface area (TPSA) is 83.4 Å². The van der Waals surface area contributed by atoms with Crippen LogP contribution in [-0.2, 0) is 5.41 Å². The normalized spacial score (nSPS) is 18.5. The number of pyridine rings is 1. The number of likely N-dealkylation sites (tertiary alicyclic amines) is 1. The van der Waals surface area contributed by atoms with Gasteiger partial charge in [-0.15, -0.1) is 0 Å². The third-order valence-electron chi connectivity index (χ3n) is 7.76. The van der Waals surface area contributed by atoms with E-state index in [9.17, 15) is 14.0 Å². The van der Waals surface area contributed by atoms with Crippen molar-refractivity contribution in [3.05, 3.63) is 100 Å². The third-order valence-corrected chi connectivity index (χ3v) is 7.76. The summed E-state index contributed by atoms with van der Waals surface area (Å²) in [7, 11) is 0. The number of H-pyrrole nitrogens is 1. The number of halogens is 1. The lowest BCUT2D eigenvalue weighted by Gasteiger charge is -2.17. The molecule has 1 atom stereocenters. The number of hydrogen-bond donors (Lipinski definition) is 1. The average molecular weight is 494 g/mol. The number of carbonyl (C=O) groups is 1. The van der Waals surface area contributed by atoms with E-state index in [1.54, 1.807) is 29.3 Å². The minimum absolute atomic E-state index is 0.108. The average Bonchev–Trinajstić information content (AvgIpc) is 3.42. The summed E-state index contributed by atoms with van der Waals surface area (Å²) < 4.78 is 15.6. The smallest absolute Gasteiger partial charge is 0.253 e. The van der Waals surface area contributed by atoms with Gasteiger partial charge in [-0.25, -0.2) is 14.4 Å². The van der Waals surface area contributed by atoms with Gasteiger partial charge in [0.15, 0.2) is 0 Å². The zero-order valence-corrected chi connectivity index (χ0v) is 20.0. The number of alkyl halides is 1. The molecule has 8 heteroatoms. The van der Waals surface area contributed by atoms with Gasteiger partial charge in [0.25, 0.3) is 5.91 Å². The van der Waals surface area contributed by atoms with Gasteiger partial charge in [0, 0.05) is 47.1 Å². The molecule has 0 radical (unpaired) electrons. The Bertz CT molecular complexity index is 1740. The quantitative estimate of drug-likeness (QED) is 0.400. The fourth-order valence-electron chi connectivity index (χ4n) is 5.54. The zero-order valence-electron chi connectivity index (χ0n) is 20.0. The van der Waals surface area contributed by atoms with Crippen LogP contribution >= 0.6 is 0 Å². The first-order valence-corrected chi connectivity index (χ1v) is 12.5. The van der Waals surface area contributed by atoms with Crippen LogP contribution in [0.4, 0.5) is 4.39 Å². The van der Waals surface area contributed by atoms with Crippen LogP contribution in [0, 0.1) is 0 Å². The van der Waals surface area contributed by atoms with E-state index in [1.807, 2.05) is 36.7 Å². The van der Waals surface area contributed by atoms with Gasteiger partial charge < -0.3 is 9.88 Å². The van der Waals surface area contributed by atoms with Gasteiger partial charge in [0.2, 0.25) is 11.3 Å². The molecule has 4 heterocycles. The molecule has 1 aliphatic carbocycles. The molecule has 7 nitrogen and oxygen atoms in total. The number of amides is 1. The first kappa shape index (κ1) is 21.9. The number of imidazole rings is 1. The molecule has 1 N–H and O–H groups in total. The molecule has 7 rings (SSSR count). The highest BCUT2D eigenvalue weighted by Gasteiger charge is 2.48. The van der Waals surface area contributed by atoms with Crippen LogP contribution in [-0.4, -0.2) is 49.4 Å². The number of aromatic nitrogens is 4. The summed E-state index contributed by atoms with van der Waals surface area (Å²) in [6.07, 6.45) is 7.24. The van der Waals surface area contributed by atoms with Gasteiger partial charge in [0.1, 0.15) is 6.17 Å². The van der Waals surface area contributed by atoms with E-state index in [-0.39, 0.29) is 23.4 Å². The van der Waals surface area contributed by atoms with Crippen molar-refractivity contribution in [1.29, 1.82) is 0 Å². The maximum atomic E-state index is 13.5. The van der Waals surface area contributed by atoms with E-state index in [0.29, 0.717) is 24.3 Å². The number of fused-ring (bicyclic) bond motifs is 2. The van der Waals surface area contributed by atoms with Crippen molar-refractivity contribution in [1.82, 2.24) is 24.3 Å². The molecule has 184 valence electrons. The maximum Gasteiger partial charge on any atom is 0.253 e. The first-order chi connectivity index (χ1) is 18.0. The van der Waals surface area contributed by atoms with Crippen molar-refractivity contribution in [2.75, 3.05) is 13.1 Å². The molecule has 0 unspecified atom stereocenters. The second-order valence-electron chi connectivity index (χ2n) is 10.1. The number of carbonyl (C=O) groups excluding carboxylic acids is 1. The Morgan fingerprint density at radius 1 is 1.00 bits per heavy atom. The van der Waals surface area contributed by atoms with Crippen LogP contribution in [0.25, 0.3) is 27.8 Å². The largest absolute Gasteiger partial charge is 0.336 e. The number of hydrogen-bond acceptors (Lipinski definition) is 4. The Hall–Kier alpha value is -4.33. The van der Waals surface area contributed by atoms with Gasteiger partial charge in [0.05, 0.1) is 18.4 Å². The fourth-order valence-corrected chi connectivity index (χ4v) is 5.54. The molecule has 3 aromatic heterocycles. The molecule has 2 aliphatic rings. The molecule has 2 aromatic carbocycles. The highest BCUT2D eigenvalue weighted by Crippen LogP contribution is 2.53. The van der Waals surface area contributed by atoms with E-state index in [0.717, 1.165) is 40.6 Å². The Morgan fingerprint density at radius 3 is 2.57 bits per heavy atom. The van der Waals surface area contributed by atoms with Gasteiger partial charge in [-0.1, -0.05) is 18.2 Å². The van der Waals surface area contributed by atoms with Crippen molar-refractivity contribution in [2.45, 2.75) is 30.8 Å². The van der Waals surface area contributed by atoms with E-state index in [4.69, 9.17) is 0 Å². The summed E-state index contributed by atoms with van der Waals surface area (Å²) in [5.74, 6) is 0.504. The molecule has 1 saturated heterocycles. The van der Waals surface area contributed by atoms with Gasteiger partial charge in [-0.05, 0) is 66.1 Å². The lowest BCUT2D eigenvalue weighted by molar-refractivity contribution is 0.0783. The molecule has 1 saturated carbocycles. The van der Waals surface area contributed by atoms with Gasteiger partial charge in [-0.2, -0.15) is 0 Å². The van der Waals surface area contributed by atoms with Crippen LogP contribution in [0.15, 0.2) is 78.0 Å². The summed E-state index contributed by atoms with van der Waals surface area (Å²) in [6, 6.07) is 17.0. The fraction of sp³-hybridized carbons (Fsp3) is 0.241. The molecular weight excluding hydrogens is 469 g/mol. The van der Waals surface area contributed by atoms with Crippen molar-refractivity contribution in [3.8, 4) is 11.1 Å². The first-order valence-electron chi connectivity index (χ1n) is 12.5. The van der Waals surface area contributed by atoms with Crippen molar-refractivity contribution < 1.29 is 9.18 Å². The van der Waals surface area contributed by atoms with E-state index in [1.165, 1.54) is 5.56 Å². The Labute approximate surface area is 211 Å². The van der Waals surface area contributed by atoms with Crippen molar-refractivity contribution in [2.24, 2.45) is 0 Å². The van der Waals surface area contributed by atoms with E-state index < -0.39 is 6.17 Å². The second kappa shape index (κ2) is 8.09. The standard InChI is InChI=1S/C29H24FN5O2/c30-23-9-12-34(17-23)27(37)19-3-1-18(2-4-19)21-14-31-28-32-15-25(35(28)16-21)29(10-11-29)22-6-7-24-20(13-22)5-8-26(36)33-24/h1-8,13-16,23H,9-12,17H2,(H,33,36)/t23-/m0/s1. The van der Waals surface area contributed by atoms with E-state index >= 15 is 0 Å². The Kier molecular flexibility index (Phi) is 4.79. The third kappa shape index (κ3) is 3.63. The molecule has 1 aliphatic heterocycles. The highest BCUT2D eigenvalue weighted by atomic mass is 19.1. The predicted molar refractivity (Wildman–Crippen MR) is 138 cm³/mol. The Balaban J connectivity index is 1.22. The lowest BCUT2D eigenvalue weighted by Crippen LogP contribution is -2.28. The number of rotatable bonds is 4. The molecular formula is C29H24FN5O2. The molecule has 5 aromatic rings. The molecule has 1 amide bonds. The number of benzene rings is 2. The number of nitrogens with zero attached hydrogens (tertiary/aromatic N) is 4. The second-order valence-corrected chi connectivity index (χ2v) is 10.1. The summed E-state index contributed by atoms with van der Waals surface area (Å²) in [5.41, 5.74) is 5.27. The summed E-state index contributed by atoms with van der Waals surface area (Å²) in [5, 5.41) is 1.00. The predicted octanol–water partition coefficient (Wildman–Crippen LogP) is 4.50.